The topological polar surface area (TPSA) is 38.7 Å². The molecule has 0 saturated heterocycles. The van der Waals surface area contributed by atoms with E-state index in [1.54, 1.807) is 0 Å². The molecule has 154 valence electrons. The highest BCUT2D eigenvalue weighted by atomic mass is 15.0. The number of nitrogens with zero attached hydrogens (tertiary/aromatic N) is 3. The van der Waals surface area contributed by atoms with Crippen molar-refractivity contribution in [1.82, 2.24) is 15.0 Å². The summed E-state index contributed by atoms with van der Waals surface area (Å²) < 4.78 is 0. The predicted molar refractivity (Wildman–Crippen MR) is 131 cm³/mol. The zero-order valence-corrected chi connectivity index (χ0v) is 18.2. The van der Waals surface area contributed by atoms with Crippen LogP contribution in [0.5, 0.6) is 0 Å². The van der Waals surface area contributed by atoms with Crippen LogP contribution in [0.2, 0.25) is 0 Å². The first kappa shape index (κ1) is 19.8. The summed E-state index contributed by atoms with van der Waals surface area (Å²) in [6.45, 7) is 4.16. The van der Waals surface area contributed by atoms with E-state index in [9.17, 15) is 0 Å². The van der Waals surface area contributed by atoms with Gasteiger partial charge in [-0.3, -0.25) is 0 Å². The van der Waals surface area contributed by atoms with Gasteiger partial charge >= 0.3 is 0 Å². The van der Waals surface area contributed by atoms with E-state index >= 15 is 0 Å². The summed E-state index contributed by atoms with van der Waals surface area (Å²) in [5.41, 5.74) is 7.65. The van der Waals surface area contributed by atoms with Crippen molar-refractivity contribution in [3.05, 3.63) is 114 Å². The van der Waals surface area contributed by atoms with Crippen molar-refractivity contribution in [2.75, 3.05) is 0 Å². The first-order valence-electron chi connectivity index (χ1n) is 10.7. The van der Waals surface area contributed by atoms with Gasteiger partial charge in [-0.2, -0.15) is 0 Å². The molecular weight excluding hydrogens is 390 g/mol. The van der Waals surface area contributed by atoms with E-state index in [4.69, 9.17) is 15.0 Å². The van der Waals surface area contributed by atoms with Crippen LogP contribution >= 0.6 is 0 Å². The Hall–Kier alpha value is -4.11. The van der Waals surface area contributed by atoms with Gasteiger partial charge in [0.05, 0.1) is 0 Å². The van der Waals surface area contributed by atoms with Crippen molar-refractivity contribution in [2.45, 2.75) is 13.8 Å². The number of rotatable bonds is 4. The van der Waals surface area contributed by atoms with Gasteiger partial charge in [0.25, 0.3) is 0 Å². The maximum absolute atomic E-state index is 4.84. The molecule has 5 aromatic rings. The van der Waals surface area contributed by atoms with Gasteiger partial charge in [-0.25, -0.2) is 15.0 Å². The first-order valence-corrected chi connectivity index (χ1v) is 10.7. The van der Waals surface area contributed by atoms with E-state index in [1.807, 2.05) is 30.3 Å². The average Bonchev–Trinajstić information content (AvgIpc) is 2.84. The molecule has 3 heteroatoms. The lowest BCUT2D eigenvalue weighted by atomic mass is 10.0. The largest absolute Gasteiger partial charge is 0.208 e. The minimum atomic E-state index is 0.674. The Balaban J connectivity index is 1.62. The maximum Gasteiger partial charge on any atom is 0.164 e. The third kappa shape index (κ3) is 4.19. The second-order valence-corrected chi connectivity index (χ2v) is 7.99. The molecule has 5 rings (SSSR count). The fourth-order valence-corrected chi connectivity index (χ4v) is 3.77. The average molecular weight is 414 g/mol. The SMILES string of the molecule is Cc1cccc(-c2nc(-c3ccc(-c4ccccc4)cc3)nc(-c3cccc(C)c3)n2)c1. The second kappa shape index (κ2) is 8.56. The lowest BCUT2D eigenvalue weighted by molar-refractivity contribution is 1.07. The van der Waals surface area contributed by atoms with E-state index in [0.717, 1.165) is 16.7 Å². The molecule has 1 heterocycles. The Morgan fingerprint density at radius 2 is 0.781 bits per heavy atom. The van der Waals surface area contributed by atoms with Crippen LogP contribution in [0.1, 0.15) is 11.1 Å². The molecular formula is C29H23N3. The van der Waals surface area contributed by atoms with Crippen LogP contribution < -0.4 is 0 Å². The van der Waals surface area contributed by atoms with Gasteiger partial charge in [0.15, 0.2) is 17.5 Å². The highest BCUT2D eigenvalue weighted by Gasteiger charge is 2.12. The summed E-state index contributed by atoms with van der Waals surface area (Å²) in [7, 11) is 0. The number of hydrogen-bond donors (Lipinski definition) is 0. The van der Waals surface area contributed by atoms with Gasteiger partial charge in [-0.1, -0.05) is 102 Å². The maximum atomic E-state index is 4.84. The lowest BCUT2D eigenvalue weighted by Gasteiger charge is -2.10. The van der Waals surface area contributed by atoms with Crippen LogP contribution in [0.4, 0.5) is 0 Å². The molecule has 3 nitrogen and oxygen atoms in total. The third-order valence-corrected chi connectivity index (χ3v) is 5.44. The Labute approximate surface area is 188 Å². The molecule has 32 heavy (non-hydrogen) atoms. The Morgan fingerprint density at radius 1 is 0.375 bits per heavy atom. The minimum Gasteiger partial charge on any atom is -0.208 e. The molecule has 0 bridgehead atoms. The van der Waals surface area contributed by atoms with Crippen molar-refractivity contribution in [2.24, 2.45) is 0 Å². The monoisotopic (exact) mass is 413 g/mol. The molecule has 0 saturated carbocycles. The smallest absolute Gasteiger partial charge is 0.164 e. The molecule has 0 atom stereocenters. The van der Waals surface area contributed by atoms with Crippen LogP contribution in [0.25, 0.3) is 45.3 Å². The van der Waals surface area contributed by atoms with Gasteiger partial charge in [0, 0.05) is 16.7 Å². The van der Waals surface area contributed by atoms with Crippen LogP contribution in [0.3, 0.4) is 0 Å². The summed E-state index contributed by atoms with van der Waals surface area (Å²) in [6.07, 6.45) is 0. The first-order chi connectivity index (χ1) is 15.7. The van der Waals surface area contributed by atoms with Gasteiger partial charge in [-0.15, -0.1) is 0 Å². The van der Waals surface area contributed by atoms with Crippen LogP contribution in [0.15, 0.2) is 103 Å². The van der Waals surface area contributed by atoms with E-state index in [1.165, 1.54) is 22.3 Å². The molecule has 1 aromatic heterocycles. The fraction of sp³-hybridized carbons (Fsp3) is 0.0690. The Kier molecular flexibility index (Phi) is 5.30. The predicted octanol–water partition coefficient (Wildman–Crippen LogP) is 7.16. The van der Waals surface area contributed by atoms with Crippen molar-refractivity contribution >= 4 is 0 Å². The Morgan fingerprint density at radius 3 is 1.28 bits per heavy atom. The van der Waals surface area contributed by atoms with Gasteiger partial charge in [0.2, 0.25) is 0 Å². The zero-order valence-electron chi connectivity index (χ0n) is 18.2. The van der Waals surface area contributed by atoms with Crippen LogP contribution in [-0.2, 0) is 0 Å². The van der Waals surface area contributed by atoms with Crippen LogP contribution in [0, 0.1) is 13.8 Å². The van der Waals surface area contributed by atoms with Crippen molar-refractivity contribution in [1.29, 1.82) is 0 Å². The third-order valence-electron chi connectivity index (χ3n) is 5.44. The molecule has 0 spiro atoms. The molecule has 0 fully saturated rings. The summed E-state index contributed by atoms with van der Waals surface area (Å²) in [6, 6.07) is 35.3. The summed E-state index contributed by atoms with van der Waals surface area (Å²) in [5.74, 6) is 2.04. The van der Waals surface area contributed by atoms with E-state index in [0.29, 0.717) is 17.5 Å². The molecule has 4 aromatic carbocycles. The molecule has 0 aliphatic carbocycles. The highest BCUT2D eigenvalue weighted by Crippen LogP contribution is 2.27. The summed E-state index contributed by atoms with van der Waals surface area (Å²) in [4.78, 5) is 14.5. The number of aromatic nitrogens is 3. The molecule has 0 aliphatic rings. The van der Waals surface area contributed by atoms with E-state index in [2.05, 4.69) is 86.6 Å². The number of benzene rings is 4. The van der Waals surface area contributed by atoms with Gasteiger partial charge in [-0.05, 0) is 37.1 Å². The second-order valence-electron chi connectivity index (χ2n) is 7.99. The molecule has 0 amide bonds. The van der Waals surface area contributed by atoms with E-state index in [-0.39, 0.29) is 0 Å². The molecule has 0 unspecified atom stereocenters. The summed E-state index contributed by atoms with van der Waals surface area (Å²) >= 11 is 0. The standard InChI is InChI=1S/C29H23N3/c1-20-8-6-12-25(18-20)28-30-27(31-29(32-28)26-13-7-9-21(2)19-26)24-16-14-23(15-17-24)22-10-4-3-5-11-22/h3-19H,1-2H3. The van der Waals surface area contributed by atoms with Crippen molar-refractivity contribution in [3.8, 4) is 45.3 Å². The van der Waals surface area contributed by atoms with E-state index < -0.39 is 0 Å². The molecule has 0 N–H and O–H groups in total. The van der Waals surface area contributed by atoms with Crippen molar-refractivity contribution in [3.63, 3.8) is 0 Å². The number of aryl methyl sites for hydroxylation is 2. The normalized spacial score (nSPS) is 10.8. The van der Waals surface area contributed by atoms with Gasteiger partial charge < -0.3 is 0 Å². The van der Waals surface area contributed by atoms with Crippen LogP contribution in [-0.4, -0.2) is 15.0 Å². The highest BCUT2D eigenvalue weighted by molar-refractivity contribution is 5.70. The molecule has 0 radical (unpaired) electrons. The molecule has 0 aliphatic heterocycles. The van der Waals surface area contributed by atoms with Gasteiger partial charge in [0.1, 0.15) is 0 Å². The van der Waals surface area contributed by atoms with Crippen molar-refractivity contribution < 1.29 is 0 Å². The lowest BCUT2D eigenvalue weighted by Crippen LogP contribution is -2.00. The fourth-order valence-electron chi connectivity index (χ4n) is 3.77. The number of hydrogen-bond acceptors (Lipinski definition) is 3. The quantitative estimate of drug-likeness (QED) is 0.314. The Bertz CT molecular complexity index is 1310. The minimum absolute atomic E-state index is 0.674. The summed E-state index contributed by atoms with van der Waals surface area (Å²) in [5, 5.41) is 0. The zero-order chi connectivity index (χ0) is 21.9.